The number of carbonyl (C=O) groups excluding carboxylic acids is 4. The second-order valence-corrected chi connectivity index (χ2v) is 10.1. The summed E-state index contributed by atoms with van der Waals surface area (Å²) in [7, 11) is 0. The first-order chi connectivity index (χ1) is 20.4. The minimum Gasteiger partial charge on any atom is -0.508 e. The van der Waals surface area contributed by atoms with Crippen molar-refractivity contribution in [2.24, 2.45) is 5.92 Å². The fourth-order valence-corrected chi connectivity index (χ4v) is 4.87. The third-order valence-electron chi connectivity index (χ3n) is 7.07. The summed E-state index contributed by atoms with van der Waals surface area (Å²) in [5, 5.41) is 9.60. The number of hydrogen-bond acceptors (Lipinski definition) is 7. The lowest BCUT2D eigenvalue weighted by Gasteiger charge is -2.44. The molecule has 1 heterocycles. The van der Waals surface area contributed by atoms with Crippen LogP contribution in [0, 0.1) is 5.92 Å². The molecule has 1 fully saturated rings. The standard InChI is InChI=1S/C34H29NO7/c36-28-16-14-23(15-17-28)19-29-31(34(40)42-22-25-10-5-2-6-11-25)35(32(29)38)30(37)20-26-12-7-13-27(18-26)33(39)41-21-24-8-3-1-4-9-24/h1-18,29,31,36H,19-22H2/t29-,31-/m1/s1. The minimum atomic E-state index is -1.10. The zero-order valence-corrected chi connectivity index (χ0v) is 22.7. The molecule has 0 spiro atoms. The van der Waals surface area contributed by atoms with Crippen LogP contribution < -0.4 is 0 Å². The summed E-state index contributed by atoms with van der Waals surface area (Å²) in [5.74, 6) is -2.97. The molecule has 1 saturated heterocycles. The Morgan fingerprint density at radius 1 is 0.690 bits per heavy atom. The molecule has 2 amide bonds. The number of imide groups is 1. The van der Waals surface area contributed by atoms with Gasteiger partial charge in [-0.2, -0.15) is 0 Å². The van der Waals surface area contributed by atoms with Crippen molar-refractivity contribution in [3.63, 3.8) is 0 Å². The Morgan fingerprint density at radius 3 is 1.93 bits per heavy atom. The molecule has 4 aromatic rings. The van der Waals surface area contributed by atoms with E-state index in [1.165, 1.54) is 12.1 Å². The molecule has 1 N–H and O–H groups in total. The summed E-state index contributed by atoms with van der Waals surface area (Å²) in [4.78, 5) is 53.4. The van der Waals surface area contributed by atoms with E-state index in [0.717, 1.165) is 21.6 Å². The predicted molar refractivity (Wildman–Crippen MR) is 153 cm³/mol. The lowest BCUT2D eigenvalue weighted by atomic mass is 9.81. The van der Waals surface area contributed by atoms with Crippen molar-refractivity contribution in [1.29, 1.82) is 0 Å². The number of aromatic hydroxyl groups is 1. The first kappa shape index (κ1) is 28.3. The number of likely N-dealkylation sites (tertiary alicyclic amines) is 1. The number of β-lactam (4-membered cyclic amide) rings is 1. The van der Waals surface area contributed by atoms with Gasteiger partial charge in [0.05, 0.1) is 17.9 Å². The molecule has 42 heavy (non-hydrogen) atoms. The highest BCUT2D eigenvalue weighted by Crippen LogP contribution is 2.32. The number of phenols is 1. The maximum atomic E-state index is 13.4. The Morgan fingerprint density at radius 2 is 1.29 bits per heavy atom. The summed E-state index contributed by atoms with van der Waals surface area (Å²) < 4.78 is 10.9. The average molecular weight is 564 g/mol. The fraction of sp³-hybridized carbons (Fsp3) is 0.176. The van der Waals surface area contributed by atoms with E-state index >= 15 is 0 Å². The smallest absolute Gasteiger partial charge is 0.338 e. The van der Waals surface area contributed by atoms with Crippen molar-refractivity contribution in [3.8, 4) is 5.75 Å². The molecule has 5 rings (SSSR count). The van der Waals surface area contributed by atoms with E-state index in [9.17, 15) is 24.3 Å². The Bertz CT molecular complexity index is 1570. The van der Waals surface area contributed by atoms with Crippen LogP contribution in [0.1, 0.15) is 32.6 Å². The lowest BCUT2D eigenvalue weighted by Crippen LogP contribution is -2.67. The van der Waals surface area contributed by atoms with Gasteiger partial charge in [0.2, 0.25) is 11.8 Å². The Labute approximate surface area is 243 Å². The van der Waals surface area contributed by atoms with Crippen molar-refractivity contribution in [3.05, 3.63) is 137 Å². The van der Waals surface area contributed by atoms with E-state index in [-0.39, 0.29) is 37.4 Å². The molecule has 2 atom stereocenters. The number of nitrogens with zero attached hydrogens (tertiary/aromatic N) is 1. The molecule has 8 heteroatoms. The van der Waals surface area contributed by atoms with Gasteiger partial charge in [0.1, 0.15) is 25.0 Å². The van der Waals surface area contributed by atoms with Gasteiger partial charge >= 0.3 is 11.9 Å². The van der Waals surface area contributed by atoms with Gasteiger partial charge in [-0.25, -0.2) is 9.59 Å². The Kier molecular flexibility index (Phi) is 8.72. The van der Waals surface area contributed by atoms with E-state index in [2.05, 4.69) is 0 Å². The highest BCUT2D eigenvalue weighted by molar-refractivity contribution is 6.08. The van der Waals surface area contributed by atoms with Crippen molar-refractivity contribution in [2.45, 2.75) is 32.1 Å². The van der Waals surface area contributed by atoms with Crippen molar-refractivity contribution < 1.29 is 33.8 Å². The molecule has 0 radical (unpaired) electrons. The molecule has 1 aliphatic heterocycles. The highest BCUT2D eigenvalue weighted by atomic mass is 16.5. The topological polar surface area (TPSA) is 110 Å². The molecular weight excluding hydrogens is 534 g/mol. The van der Waals surface area contributed by atoms with E-state index in [1.54, 1.807) is 36.4 Å². The summed E-state index contributed by atoms with van der Waals surface area (Å²) in [6, 6.07) is 30.1. The summed E-state index contributed by atoms with van der Waals surface area (Å²) in [5.41, 5.74) is 3.14. The summed E-state index contributed by atoms with van der Waals surface area (Å²) >= 11 is 0. The molecule has 212 valence electrons. The quantitative estimate of drug-likeness (QED) is 0.221. The molecular formula is C34H29NO7. The molecule has 0 unspecified atom stereocenters. The number of benzene rings is 4. The predicted octanol–water partition coefficient (Wildman–Crippen LogP) is 4.63. The zero-order chi connectivity index (χ0) is 29.5. The van der Waals surface area contributed by atoms with Gasteiger partial charge in [-0.1, -0.05) is 84.9 Å². The number of phenolic OH excluding ortho intramolecular Hbond substituents is 1. The Balaban J connectivity index is 1.28. The van der Waals surface area contributed by atoms with Crippen molar-refractivity contribution >= 4 is 23.8 Å². The third kappa shape index (κ3) is 6.72. The average Bonchev–Trinajstić information content (AvgIpc) is 3.01. The number of ether oxygens (including phenoxy) is 2. The second-order valence-electron chi connectivity index (χ2n) is 10.1. The van der Waals surface area contributed by atoms with E-state index < -0.39 is 35.7 Å². The largest absolute Gasteiger partial charge is 0.508 e. The number of amides is 2. The summed E-state index contributed by atoms with van der Waals surface area (Å²) in [6.45, 7) is 0.117. The first-order valence-corrected chi connectivity index (χ1v) is 13.5. The SMILES string of the molecule is O=C(OCc1ccccc1)c1cccc(CC(=O)N2C(=O)[C@H](Cc3ccc(O)cc3)[C@@H]2C(=O)OCc2ccccc2)c1. The van der Waals surface area contributed by atoms with Crippen LogP contribution in [0.25, 0.3) is 0 Å². The molecule has 0 aliphatic carbocycles. The number of esters is 2. The normalized spacial score (nSPS) is 15.9. The molecule has 1 aliphatic rings. The molecule has 0 saturated carbocycles. The highest BCUT2D eigenvalue weighted by Gasteiger charge is 2.54. The van der Waals surface area contributed by atoms with Gasteiger partial charge in [0.25, 0.3) is 0 Å². The maximum absolute atomic E-state index is 13.4. The van der Waals surface area contributed by atoms with Crippen LogP contribution in [0.5, 0.6) is 5.75 Å². The van der Waals surface area contributed by atoms with Crippen LogP contribution in [-0.2, 0) is 49.9 Å². The van der Waals surface area contributed by atoms with Gasteiger partial charge in [-0.15, -0.1) is 0 Å². The van der Waals surface area contributed by atoms with Crippen LogP contribution in [0.3, 0.4) is 0 Å². The summed E-state index contributed by atoms with van der Waals surface area (Å²) in [6.07, 6.45) is 0.0106. The molecule has 4 aromatic carbocycles. The molecule has 0 aromatic heterocycles. The minimum absolute atomic E-state index is 0.00542. The van der Waals surface area contributed by atoms with Crippen LogP contribution >= 0.6 is 0 Å². The molecule has 8 nitrogen and oxygen atoms in total. The monoisotopic (exact) mass is 563 g/mol. The van der Waals surface area contributed by atoms with E-state index in [4.69, 9.17) is 9.47 Å². The Hall–Kier alpha value is -5.24. The van der Waals surface area contributed by atoms with Crippen LogP contribution in [0.2, 0.25) is 0 Å². The second kappa shape index (κ2) is 13.0. The number of hydrogen-bond donors (Lipinski definition) is 1. The van der Waals surface area contributed by atoms with Crippen molar-refractivity contribution in [1.82, 2.24) is 4.90 Å². The van der Waals surface area contributed by atoms with Crippen molar-refractivity contribution in [2.75, 3.05) is 0 Å². The first-order valence-electron chi connectivity index (χ1n) is 13.5. The van der Waals surface area contributed by atoms with E-state index in [0.29, 0.717) is 5.56 Å². The zero-order valence-electron chi connectivity index (χ0n) is 22.7. The molecule has 0 bridgehead atoms. The fourth-order valence-electron chi connectivity index (χ4n) is 4.87. The number of carbonyl (C=O) groups is 4. The van der Waals surface area contributed by atoms with Gasteiger partial charge in [0, 0.05) is 0 Å². The maximum Gasteiger partial charge on any atom is 0.338 e. The van der Waals surface area contributed by atoms with Crippen LogP contribution in [-0.4, -0.2) is 39.8 Å². The van der Waals surface area contributed by atoms with Gasteiger partial charge < -0.3 is 14.6 Å². The van der Waals surface area contributed by atoms with Gasteiger partial charge in [-0.3, -0.25) is 14.5 Å². The van der Waals surface area contributed by atoms with Crippen LogP contribution in [0.15, 0.2) is 109 Å². The van der Waals surface area contributed by atoms with Crippen LogP contribution in [0.4, 0.5) is 0 Å². The number of rotatable bonds is 10. The third-order valence-corrected chi connectivity index (χ3v) is 7.07. The lowest BCUT2D eigenvalue weighted by molar-refractivity contribution is -0.180. The van der Waals surface area contributed by atoms with Gasteiger partial charge in [0.15, 0.2) is 0 Å². The van der Waals surface area contributed by atoms with E-state index in [1.807, 2.05) is 60.7 Å². The van der Waals surface area contributed by atoms with Gasteiger partial charge in [-0.05, 0) is 52.9 Å².